The van der Waals surface area contributed by atoms with Crippen molar-refractivity contribution in [2.45, 2.75) is 24.8 Å². The average molecular weight is 248 g/mol. The van der Waals surface area contributed by atoms with Crippen LogP contribution in [-0.4, -0.2) is 16.2 Å². The molecule has 2 aromatic rings. The van der Waals surface area contributed by atoms with Crippen LogP contribution in [0.3, 0.4) is 0 Å². The molecule has 1 heterocycles. The molecule has 1 aliphatic carbocycles. The molecule has 17 heavy (non-hydrogen) atoms. The van der Waals surface area contributed by atoms with Gasteiger partial charge in [-0.2, -0.15) is 5.10 Å². The molecule has 1 aromatic carbocycles. The number of hydrogen-bond donors (Lipinski definition) is 2. The number of aromatic amines is 1. The number of nitrogens with zero attached hydrogens (tertiary/aromatic N) is 1. The zero-order valence-corrected chi connectivity index (χ0v) is 10.1. The van der Waals surface area contributed by atoms with Crippen LogP contribution in [0.2, 0.25) is 5.02 Å². The Morgan fingerprint density at radius 3 is 2.65 bits per heavy atom. The minimum atomic E-state index is 0.563. The summed E-state index contributed by atoms with van der Waals surface area (Å²) in [6.45, 7) is 0. The summed E-state index contributed by atoms with van der Waals surface area (Å²) in [5.74, 6) is 0.664. The summed E-state index contributed by atoms with van der Waals surface area (Å²) < 4.78 is 0. The molecule has 1 fully saturated rings. The third-order valence-corrected chi connectivity index (χ3v) is 3.60. The standard InChI is InChI=1S/C13H14ClN3/c14-11-3-1-9(2-4-11)10-5-12(6-10)17-13-7-15-16-8-13/h1-4,7-8,10,12,17H,5-6H2,(H,15,16). The molecule has 0 bridgehead atoms. The van der Waals surface area contributed by atoms with Gasteiger partial charge in [-0.25, -0.2) is 0 Å². The molecule has 1 saturated carbocycles. The van der Waals surface area contributed by atoms with E-state index in [0.29, 0.717) is 12.0 Å². The highest BCUT2D eigenvalue weighted by Crippen LogP contribution is 2.38. The third kappa shape index (κ3) is 2.29. The fourth-order valence-corrected chi connectivity index (χ4v) is 2.43. The van der Waals surface area contributed by atoms with Crippen molar-refractivity contribution in [3.8, 4) is 0 Å². The fourth-order valence-electron chi connectivity index (χ4n) is 2.31. The highest BCUT2D eigenvalue weighted by Gasteiger charge is 2.30. The van der Waals surface area contributed by atoms with Crippen molar-refractivity contribution in [2.75, 3.05) is 5.32 Å². The van der Waals surface area contributed by atoms with E-state index in [1.165, 1.54) is 18.4 Å². The van der Waals surface area contributed by atoms with Crippen LogP contribution in [0.5, 0.6) is 0 Å². The van der Waals surface area contributed by atoms with Gasteiger partial charge in [0, 0.05) is 17.3 Å². The summed E-state index contributed by atoms with van der Waals surface area (Å²) in [4.78, 5) is 0. The van der Waals surface area contributed by atoms with Crippen molar-refractivity contribution in [3.05, 3.63) is 47.2 Å². The molecule has 4 heteroatoms. The van der Waals surface area contributed by atoms with E-state index in [1.54, 1.807) is 0 Å². The first-order valence-electron chi connectivity index (χ1n) is 5.82. The molecule has 0 spiro atoms. The second-order valence-corrected chi connectivity index (χ2v) is 4.98. The second kappa shape index (κ2) is 4.41. The summed E-state index contributed by atoms with van der Waals surface area (Å²) in [6.07, 6.45) is 6.05. The van der Waals surface area contributed by atoms with E-state index in [0.717, 1.165) is 10.7 Å². The maximum absolute atomic E-state index is 5.88. The zero-order valence-electron chi connectivity index (χ0n) is 9.36. The second-order valence-electron chi connectivity index (χ2n) is 4.55. The van der Waals surface area contributed by atoms with Gasteiger partial charge in [0.15, 0.2) is 0 Å². The van der Waals surface area contributed by atoms with Crippen LogP contribution in [0.25, 0.3) is 0 Å². The molecule has 0 amide bonds. The van der Waals surface area contributed by atoms with Crippen LogP contribution in [0, 0.1) is 0 Å². The van der Waals surface area contributed by atoms with E-state index < -0.39 is 0 Å². The number of benzene rings is 1. The molecule has 0 atom stereocenters. The first-order chi connectivity index (χ1) is 8.31. The summed E-state index contributed by atoms with van der Waals surface area (Å²) in [7, 11) is 0. The van der Waals surface area contributed by atoms with Crippen molar-refractivity contribution in [3.63, 3.8) is 0 Å². The fraction of sp³-hybridized carbons (Fsp3) is 0.308. The minimum absolute atomic E-state index is 0.563. The Kier molecular flexibility index (Phi) is 2.77. The molecule has 2 N–H and O–H groups in total. The monoisotopic (exact) mass is 247 g/mol. The van der Waals surface area contributed by atoms with Gasteiger partial charge in [0.1, 0.15) is 0 Å². The van der Waals surface area contributed by atoms with E-state index in [2.05, 4.69) is 27.6 Å². The lowest BCUT2D eigenvalue weighted by molar-refractivity contribution is 0.374. The van der Waals surface area contributed by atoms with Gasteiger partial charge in [-0.05, 0) is 36.5 Å². The molecule has 0 radical (unpaired) electrons. The molecule has 3 rings (SSSR count). The lowest BCUT2D eigenvalue weighted by Gasteiger charge is -2.36. The number of rotatable bonds is 3. The number of nitrogens with one attached hydrogen (secondary N) is 2. The Morgan fingerprint density at radius 2 is 2.00 bits per heavy atom. The normalized spacial score (nSPS) is 23.1. The molecule has 88 valence electrons. The molecule has 0 aliphatic heterocycles. The lowest BCUT2D eigenvalue weighted by Crippen LogP contribution is -2.33. The van der Waals surface area contributed by atoms with Gasteiger partial charge in [0.25, 0.3) is 0 Å². The van der Waals surface area contributed by atoms with Crippen molar-refractivity contribution in [1.29, 1.82) is 0 Å². The highest BCUT2D eigenvalue weighted by molar-refractivity contribution is 6.30. The number of aromatic nitrogens is 2. The summed E-state index contributed by atoms with van der Waals surface area (Å²) in [6, 6.07) is 8.75. The van der Waals surface area contributed by atoms with Crippen molar-refractivity contribution in [1.82, 2.24) is 10.2 Å². The van der Waals surface area contributed by atoms with Gasteiger partial charge in [-0.15, -0.1) is 0 Å². The largest absolute Gasteiger partial charge is 0.380 e. The highest BCUT2D eigenvalue weighted by atomic mass is 35.5. The van der Waals surface area contributed by atoms with Gasteiger partial charge in [0.2, 0.25) is 0 Å². The van der Waals surface area contributed by atoms with Crippen molar-refractivity contribution >= 4 is 17.3 Å². The van der Waals surface area contributed by atoms with E-state index in [4.69, 9.17) is 11.6 Å². The van der Waals surface area contributed by atoms with Crippen molar-refractivity contribution < 1.29 is 0 Å². The van der Waals surface area contributed by atoms with E-state index in [1.807, 2.05) is 24.5 Å². The first kappa shape index (κ1) is 10.7. The third-order valence-electron chi connectivity index (χ3n) is 3.35. The molecule has 0 unspecified atom stereocenters. The van der Waals surface area contributed by atoms with Gasteiger partial charge in [-0.1, -0.05) is 23.7 Å². The zero-order chi connectivity index (χ0) is 11.7. The van der Waals surface area contributed by atoms with Gasteiger partial charge in [-0.3, -0.25) is 5.10 Å². The Bertz CT molecular complexity index is 472. The van der Waals surface area contributed by atoms with Crippen LogP contribution < -0.4 is 5.32 Å². The van der Waals surface area contributed by atoms with E-state index >= 15 is 0 Å². The SMILES string of the molecule is Clc1ccc(C2CC(Nc3cn[nH]c3)C2)cc1. The van der Waals surface area contributed by atoms with Gasteiger partial charge in [0.05, 0.1) is 11.9 Å². The predicted octanol–water partition coefficient (Wildman–Crippen LogP) is 3.42. The first-order valence-corrected chi connectivity index (χ1v) is 6.20. The van der Waals surface area contributed by atoms with E-state index in [9.17, 15) is 0 Å². The minimum Gasteiger partial charge on any atom is -0.380 e. The van der Waals surface area contributed by atoms with Gasteiger partial charge < -0.3 is 5.32 Å². The average Bonchev–Trinajstić information content (AvgIpc) is 2.77. The molecule has 0 saturated heterocycles. The molecular weight excluding hydrogens is 234 g/mol. The molecular formula is C13H14ClN3. The number of halogens is 1. The lowest BCUT2D eigenvalue weighted by atomic mass is 9.76. The van der Waals surface area contributed by atoms with Gasteiger partial charge >= 0.3 is 0 Å². The Hall–Kier alpha value is -1.48. The topological polar surface area (TPSA) is 40.7 Å². The number of H-pyrrole nitrogens is 1. The molecule has 1 aliphatic rings. The predicted molar refractivity (Wildman–Crippen MR) is 69.4 cm³/mol. The maximum Gasteiger partial charge on any atom is 0.0725 e. The number of anilines is 1. The smallest absolute Gasteiger partial charge is 0.0725 e. The van der Waals surface area contributed by atoms with E-state index in [-0.39, 0.29) is 0 Å². The Labute approximate surface area is 105 Å². The maximum atomic E-state index is 5.88. The van der Waals surface area contributed by atoms with Crippen molar-refractivity contribution in [2.24, 2.45) is 0 Å². The molecule has 3 nitrogen and oxygen atoms in total. The van der Waals surface area contributed by atoms with Crippen LogP contribution >= 0.6 is 11.6 Å². The summed E-state index contributed by atoms with van der Waals surface area (Å²) >= 11 is 5.88. The summed E-state index contributed by atoms with van der Waals surface area (Å²) in [5, 5.41) is 11.0. The summed E-state index contributed by atoms with van der Waals surface area (Å²) in [5.41, 5.74) is 2.46. The Morgan fingerprint density at radius 1 is 1.24 bits per heavy atom. The number of hydrogen-bond acceptors (Lipinski definition) is 2. The quantitative estimate of drug-likeness (QED) is 0.873. The van der Waals surface area contributed by atoms with Crippen LogP contribution in [-0.2, 0) is 0 Å². The van der Waals surface area contributed by atoms with Crippen LogP contribution in [0.4, 0.5) is 5.69 Å². The Balaban J connectivity index is 1.56. The van der Waals surface area contributed by atoms with Crippen LogP contribution in [0.1, 0.15) is 24.3 Å². The van der Waals surface area contributed by atoms with Crippen LogP contribution in [0.15, 0.2) is 36.7 Å². The molecule has 1 aromatic heterocycles.